The van der Waals surface area contributed by atoms with Crippen molar-refractivity contribution >= 4 is 45.7 Å². The van der Waals surface area contributed by atoms with E-state index in [2.05, 4.69) is 20.9 Å². The van der Waals surface area contributed by atoms with Crippen LogP contribution < -0.4 is 20.7 Å². The molecule has 3 N–H and O–H groups in total. The Balaban J connectivity index is 0.00000364. The molecule has 0 aromatic heterocycles. The van der Waals surface area contributed by atoms with Crippen LogP contribution in [-0.2, 0) is 21.2 Å². The molecule has 1 saturated heterocycles. The Bertz CT molecular complexity index is 738. The van der Waals surface area contributed by atoms with Gasteiger partial charge in [-0.2, -0.15) is 0 Å². The first-order chi connectivity index (χ1) is 12.4. The molecule has 1 heterocycles. The summed E-state index contributed by atoms with van der Waals surface area (Å²) in [5, 5.41) is 9.00. The summed E-state index contributed by atoms with van der Waals surface area (Å²) < 4.78 is 27.9. The Morgan fingerprint density at radius 2 is 1.96 bits per heavy atom. The van der Waals surface area contributed by atoms with Crippen molar-refractivity contribution in [2.24, 2.45) is 4.99 Å². The van der Waals surface area contributed by atoms with E-state index < -0.39 is 9.84 Å². The van der Waals surface area contributed by atoms with Crippen LogP contribution in [-0.4, -0.2) is 58.5 Å². The van der Waals surface area contributed by atoms with Gasteiger partial charge >= 0.3 is 0 Å². The van der Waals surface area contributed by atoms with Crippen LogP contribution in [0, 0.1) is 0 Å². The highest BCUT2D eigenvalue weighted by molar-refractivity contribution is 14.0. The van der Waals surface area contributed by atoms with Gasteiger partial charge in [-0.05, 0) is 24.1 Å². The number of carbonyl (C=O) groups excluding carboxylic acids is 1. The normalized spacial score (nSPS) is 18.3. The second kappa shape index (κ2) is 11.3. The molecule has 8 nitrogen and oxygen atoms in total. The standard InChI is InChI=1S/C17H26N4O4S.HI/c1-18-17(20-11-13-3-5-15(25-2)6-4-13)19-9-7-16(22)21-14-8-10-26(23,24)12-14;/h3-6,14H,7-12H2,1-2H3,(H,21,22)(H2,18,19,20);1H. The van der Waals surface area contributed by atoms with Crippen LogP contribution in [0.1, 0.15) is 18.4 Å². The first kappa shape index (κ1) is 23.5. The number of benzene rings is 1. The van der Waals surface area contributed by atoms with Crippen LogP contribution in [0.3, 0.4) is 0 Å². The predicted octanol–water partition coefficient (Wildman–Crippen LogP) is 0.672. The molecular weight excluding hydrogens is 483 g/mol. The van der Waals surface area contributed by atoms with Crippen LogP contribution >= 0.6 is 24.0 Å². The van der Waals surface area contributed by atoms with E-state index in [9.17, 15) is 13.2 Å². The minimum Gasteiger partial charge on any atom is -0.497 e. The lowest BCUT2D eigenvalue weighted by atomic mass is 10.2. The first-order valence-electron chi connectivity index (χ1n) is 8.49. The van der Waals surface area contributed by atoms with Gasteiger partial charge in [0.2, 0.25) is 5.91 Å². The molecule has 0 saturated carbocycles. The maximum absolute atomic E-state index is 11.9. The maximum atomic E-state index is 11.9. The zero-order valence-electron chi connectivity index (χ0n) is 15.5. The smallest absolute Gasteiger partial charge is 0.222 e. The summed E-state index contributed by atoms with van der Waals surface area (Å²) in [5.41, 5.74) is 1.08. The van der Waals surface area contributed by atoms with Gasteiger partial charge in [0.25, 0.3) is 0 Å². The number of methoxy groups -OCH3 is 1. The van der Waals surface area contributed by atoms with Gasteiger partial charge in [-0.25, -0.2) is 8.42 Å². The summed E-state index contributed by atoms with van der Waals surface area (Å²) in [5.74, 6) is 1.43. The Labute approximate surface area is 177 Å². The van der Waals surface area contributed by atoms with Gasteiger partial charge in [-0.15, -0.1) is 24.0 Å². The summed E-state index contributed by atoms with van der Waals surface area (Å²) in [6.45, 7) is 1.00. The third-order valence-electron chi connectivity index (χ3n) is 4.08. The topological polar surface area (TPSA) is 109 Å². The number of rotatable bonds is 7. The van der Waals surface area contributed by atoms with Gasteiger partial charge < -0.3 is 20.7 Å². The van der Waals surface area contributed by atoms with E-state index in [0.717, 1.165) is 11.3 Å². The van der Waals surface area contributed by atoms with E-state index in [1.165, 1.54) is 0 Å². The van der Waals surface area contributed by atoms with Crippen molar-refractivity contribution in [3.05, 3.63) is 29.8 Å². The lowest BCUT2D eigenvalue weighted by Gasteiger charge is -2.13. The molecule has 10 heteroatoms. The summed E-state index contributed by atoms with van der Waals surface area (Å²) >= 11 is 0. The van der Waals surface area contributed by atoms with E-state index in [0.29, 0.717) is 25.5 Å². The third-order valence-corrected chi connectivity index (χ3v) is 5.85. The molecule has 2 rings (SSSR count). The average molecular weight is 510 g/mol. The highest BCUT2D eigenvalue weighted by atomic mass is 127. The molecule has 1 amide bonds. The molecule has 0 radical (unpaired) electrons. The summed E-state index contributed by atoms with van der Waals surface area (Å²) in [4.78, 5) is 16.0. The predicted molar refractivity (Wildman–Crippen MR) is 116 cm³/mol. The van der Waals surface area contributed by atoms with Crippen LogP contribution in [0.4, 0.5) is 0 Å². The molecule has 0 bridgehead atoms. The second-order valence-corrected chi connectivity index (χ2v) is 8.35. The number of halogens is 1. The number of guanidine groups is 1. The van der Waals surface area contributed by atoms with Crippen molar-refractivity contribution < 1.29 is 17.9 Å². The minimum atomic E-state index is -2.98. The molecule has 1 aromatic rings. The number of ether oxygens (including phenoxy) is 1. The fraction of sp³-hybridized carbons (Fsp3) is 0.529. The maximum Gasteiger partial charge on any atom is 0.222 e. The Hall–Kier alpha value is -1.56. The largest absolute Gasteiger partial charge is 0.497 e. The van der Waals surface area contributed by atoms with Crippen molar-refractivity contribution in [1.82, 2.24) is 16.0 Å². The fourth-order valence-electron chi connectivity index (χ4n) is 2.65. The number of sulfone groups is 1. The zero-order valence-corrected chi connectivity index (χ0v) is 18.7. The van der Waals surface area contributed by atoms with E-state index in [4.69, 9.17) is 4.74 Å². The first-order valence-corrected chi connectivity index (χ1v) is 10.3. The fourth-order valence-corrected chi connectivity index (χ4v) is 4.33. The molecular formula is C17H27IN4O4S. The van der Waals surface area contributed by atoms with Crippen LogP contribution in [0.2, 0.25) is 0 Å². The summed E-state index contributed by atoms with van der Waals surface area (Å²) in [6, 6.07) is 7.44. The molecule has 1 aliphatic heterocycles. The monoisotopic (exact) mass is 510 g/mol. The number of nitrogens with one attached hydrogen (secondary N) is 3. The van der Waals surface area contributed by atoms with Gasteiger partial charge in [-0.1, -0.05) is 12.1 Å². The third kappa shape index (κ3) is 8.33. The lowest BCUT2D eigenvalue weighted by molar-refractivity contribution is -0.121. The Kier molecular flexibility index (Phi) is 9.84. The zero-order chi connectivity index (χ0) is 19.0. The Morgan fingerprint density at radius 1 is 1.26 bits per heavy atom. The van der Waals surface area contributed by atoms with Crippen molar-refractivity contribution in [3.63, 3.8) is 0 Å². The van der Waals surface area contributed by atoms with Gasteiger partial charge in [0, 0.05) is 32.6 Å². The summed E-state index contributed by atoms with van der Waals surface area (Å²) in [7, 11) is 0.301. The quantitative estimate of drug-likeness (QED) is 0.283. The number of amides is 1. The molecule has 27 heavy (non-hydrogen) atoms. The van der Waals surface area contributed by atoms with E-state index in [1.54, 1.807) is 14.2 Å². The minimum absolute atomic E-state index is 0. The van der Waals surface area contributed by atoms with Gasteiger partial charge in [0.15, 0.2) is 15.8 Å². The highest BCUT2D eigenvalue weighted by Gasteiger charge is 2.28. The van der Waals surface area contributed by atoms with Crippen LogP contribution in [0.25, 0.3) is 0 Å². The second-order valence-electron chi connectivity index (χ2n) is 6.12. The van der Waals surface area contributed by atoms with E-state index in [1.807, 2.05) is 24.3 Å². The molecule has 1 aliphatic rings. The molecule has 1 atom stereocenters. The van der Waals surface area contributed by atoms with Crippen LogP contribution in [0.15, 0.2) is 29.3 Å². The molecule has 1 unspecified atom stereocenters. The summed E-state index contributed by atoms with van der Waals surface area (Å²) in [6.07, 6.45) is 0.742. The van der Waals surface area contributed by atoms with Gasteiger partial charge in [0.1, 0.15) is 5.75 Å². The average Bonchev–Trinajstić information content (AvgIpc) is 2.96. The molecule has 152 valence electrons. The van der Waals surface area contributed by atoms with Crippen molar-refractivity contribution in [3.8, 4) is 5.75 Å². The number of hydrogen-bond acceptors (Lipinski definition) is 5. The molecule has 1 fully saturated rings. The number of aliphatic imine (C=N–C) groups is 1. The lowest BCUT2D eigenvalue weighted by Crippen LogP contribution is -2.40. The number of hydrogen-bond donors (Lipinski definition) is 3. The van der Waals surface area contributed by atoms with Gasteiger partial charge in [-0.3, -0.25) is 9.79 Å². The highest BCUT2D eigenvalue weighted by Crippen LogP contribution is 2.11. The number of carbonyl (C=O) groups is 1. The van der Waals surface area contributed by atoms with Crippen molar-refractivity contribution in [1.29, 1.82) is 0 Å². The Morgan fingerprint density at radius 3 is 2.52 bits per heavy atom. The SMILES string of the molecule is CN=C(NCCC(=O)NC1CCS(=O)(=O)C1)NCc1ccc(OC)cc1.I. The van der Waals surface area contributed by atoms with Crippen molar-refractivity contribution in [2.75, 3.05) is 32.2 Å². The molecule has 0 spiro atoms. The van der Waals surface area contributed by atoms with E-state index >= 15 is 0 Å². The van der Waals surface area contributed by atoms with Crippen molar-refractivity contribution in [2.45, 2.75) is 25.4 Å². The molecule has 1 aromatic carbocycles. The molecule has 0 aliphatic carbocycles. The van der Waals surface area contributed by atoms with Crippen LogP contribution in [0.5, 0.6) is 5.75 Å². The van der Waals surface area contributed by atoms with Gasteiger partial charge in [0.05, 0.1) is 18.6 Å². The van der Waals surface area contributed by atoms with E-state index in [-0.39, 0.29) is 53.9 Å². The number of nitrogens with zero attached hydrogens (tertiary/aromatic N) is 1.